The Morgan fingerprint density at radius 1 is 0.861 bits per heavy atom. The second-order valence-electron chi connectivity index (χ2n) is 19.9. The molecule has 11 atom stereocenters. The van der Waals surface area contributed by atoms with E-state index in [9.17, 15) is 34.8 Å². The minimum atomic E-state index is -0.853. The normalized spacial score (nSPS) is 19.7. The molecular formula is C59H104Cl2O18. The van der Waals surface area contributed by atoms with E-state index in [2.05, 4.69) is 52.0 Å². The molecule has 1 aromatic carbocycles. The zero-order chi connectivity index (χ0) is 62.8. The average molecular weight is 1170 g/mol. The van der Waals surface area contributed by atoms with Crippen LogP contribution in [0.2, 0.25) is 10.0 Å². The van der Waals surface area contributed by atoms with Crippen molar-refractivity contribution in [2.24, 2.45) is 11.8 Å². The van der Waals surface area contributed by atoms with Crippen molar-refractivity contribution in [3.05, 3.63) is 80.9 Å². The summed E-state index contributed by atoms with van der Waals surface area (Å²) in [5.74, 6) is 0.342. The van der Waals surface area contributed by atoms with Gasteiger partial charge in [0.15, 0.2) is 24.4 Å². The highest BCUT2D eigenvalue weighted by atomic mass is 35.5. The highest BCUT2D eigenvalue weighted by Crippen LogP contribution is 2.43. The molecule has 79 heavy (non-hydrogen) atoms. The molecule has 0 radical (unpaired) electrons. The van der Waals surface area contributed by atoms with E-state index in [4.69, 9.17) is 72.0 Å². The number of ether oxygens (including phenoxy) is 7. The maximum absolute atomic E-state index is 10.7. The molecule has 18 nitrogen and oxygen atoms in total. The van der Waals surface area contributed by atoms with E-state index in [1.165, 1.54) is 26.7 Å². The lowest BCUT2D eigenvalue weighted by atomic mass is 9.95. The molecule has 0 saturated carbocycles. The van der Waals surface area contributed by atoms with Crippen molar-refractivity contribution in [1.29, 1.82) is 0 Å². The summed E-state index contributed by atoms with van der Waals surface area (Å²) >= 11 is 11.1. The number of benzene rings is 1. The van der Waals surface area contributed by atoms with Gasteiger partial charge in [0.2, 0.25) is 0 Å². The number of aldehydes is 2. The van der Waals surface area contributed by atoms with Crippen LogP contribution in [0.1, 0.15) is 146 Å². The molecule has 0 aromatic heterocycles. The van der Waals surface area contributed by atoms with Crippen LogP contribution in [0.15, 0.2) is 59.8 Å². The van der Waals surface area contributed by atoms with Gasteiger partial charge >= 0.3 is 0 Å². The van der Waals surface area contributed by atoms with E-state index in [-0.39, 0.29) is 66.3 Å². The first-order valence-corrected chi connectivity index (χ1v) is 27.1. The van der Waals surface area contributed by atoms with E-state index in [1.807, 2.05) is 39.0 Å². The number of carbonyl (C=O) groups excluding carboxylic acids is 3. The maximum atomic E-state index is 10.7. The number of aliphatic hydroxyl groups excluding tert-OH is 6. The fourth-order valence-corrected chi connectivity index (χ4v) is 6.62. The van der Waals surface area contributed by atoms with E-state index < -0.39 is 60.0 Å². The third kappa shape index (κ3) is 39.5. The Morgan fingerprint density at radius 2 is 1.39 bits per heavy atom. The van der Waals surface area contributed by atoms with Crippen LogP contribution in [0.4, 0.5) is 0 Å². The van der Waals surface area contributed by atoms with Crippen LogP contribution >= 0.6 is 23.2 Å². The van der Waals surface area contributed by atoms with Crippen molar-refractivity contribution in [2.75, 3.05) is 41.2 Å². The standard InChI is InChI=1S/C13H22O6.C13H24O2.C9H18O5.C9H16O.C8H6Cl2O3.C4H10.C3H8O/c1-5-9(6-14)7-18-13-12(17-4)10(15)11(16-3)8(2)19-13;1-6-8-13(14)10(3)9-12(7-2)11(4)15-5;1-7(12)5-14-9(2,3)8(4-10)13-6-11;1-4-5-8(2)6-7-9(3)10;1-3-4(2-11)7(12)6(10)8(13)5(3)9;1-4(2)3;1-3(2)4/h5-6,8,10-13,15H,7H2,1-4H3;6,9,11-14H,1,7-8H2,2-5H3;6-8,10,12H,4-5H2,1-3H3;4-6,9-10H,7H2,1-3H3;2,12-13H,1H3;4H,1-3H3;3-4H,1-2H3/b9-5-;10-9+;;5-4-,8-6+;;;. The molecule has 0 bridgehead atoms. The number of rotatable bonds is 24. The van der Waals surface area contributed by atoms with Gasteiger partial charge in [-0.3, -0.25) is 14.4 Å². The van der Waals surface area contributed by atoms with Crippen LogP contribution in [-0.2, 0) is 42.7 Å². The van der Waals surface area contributed by atoms with Gasteiger partial charge < -0.3 is 74.0 Å². The quantitative estimate of drug-likeness (QED) is 0.0207. The van der Waals surface area contributed by atoms with Crippen molar-refractivity contribution in [3.63, 3.8) is 0 Å². The second kappa shape index (κ2) is 49.1. The molecule has 1 heterocycles. The molecule has 1 aliphatic rings. The number of aliphatic hydroxyl groups is 6. The minimum Gasteiger partial charge on any atom is -0.505 e. The van der Waals surface area contributed by atoms with E-state index in [0.717, 1.165) is 30.6 Å². The Hall–Kier alpha value is -3.57. The maximum Gasteiger partial charge on any atom is 0.293 e. The topological polar surface area (TPSA) is 278 Å². The largest absolute Gasteiger partial charge is 0.505 e. The first-order chi connectivity index (χ1) is 36.7. The van der Waals surface area contributed by atoms with Gasteiger partial charge in [0.1, 0.15) is 41.0 Å². The molecule has 2 rings (SSSR count). The van der Waals surface area contributed by atoms with Crippen molar-refractivity contribution in [3.8, 4) is 11.5 Å². The monoisotopic (exact) mass is 1170 g/mol. The summed E-state index contributed by atoms with van der Waals surface area (Å²) in [6.07, 6.45) is 10.1. The van der Waals surface area contributed by atoms with Crippen LogP contribution in [-0.4, -0.2) is 174 Å². The van der Waals surface area contributed by atoms with Gasteiger partial charge in [-0.25, -0.2) is 0 Å². The summed E-state index contributed by atoms with van der Waals surface area (Å²) in [4.78, 5) is 31.3. The molecule has 0 spiro atoms. The minimum absolute atomic E-state index is 0.00667. The van der Waals surface area contributed by atoms with Gasteiger partial charge in [-0.15, -0.1) is 6.58 Å². The van der Waals surface area contributed by atoms with E-state index in [0.29, 0.717) is 29.8 Å². The summed E-state index contributed by atoms with van der Waals surface area (Å²) in [5, 5.41) is 73.0. The number of phenolic OH excluding ortho intramolecular Hbond substituents is 2. The zero-order valence-corrected chi connectivity index (χ0v) is 52.6. The second-order valence-corrected chi connectivity index (χ2v) is 20.6. The first kappa shape index (κ1) is 84.2. The molecule has 1 saturated heterocycles. The van der Waals surface area contributed by atoms with Crippen LogP contribution < -0.4 is 0 Å². The summed E-state index contributed by atoms with van der Waals surface area (Å²) in [6.45, 7) is 35.7. The molecular weight excluding hydrogens is 1070 g/mol. The summed E-state index contributed by atoms with van der Waals surface area (Å²) in [6, 6.07) is 0. The van der Waals surface area contributed by atoms with E-state index >= 15 is 0 Å². The first-order valence-electron chi connectivity index (χ1n) is 26.4. The Labute approximate surface area is 484 Å². The third-order valence-electron chi connectivity index (χ3n) is 10.9. The number of aromatic hydroxyl groups is 2. The Bertz CT molecular complexity index is 1840. The molecule has 0 amide bonds. The van der Waals surface area contributed by atoms with Crippen molar-refractivity contribution in [1.82, 2.24) is 0 Å². The molecule has 1 aliphatic heterocycles. The summed E-state index contributed by atoms with van der Waals surface area (Å²) in [7, 11) is 4.69. The van der Waals surface area contributed by atoms with Gasteiger partial charge in [-0.1, -0.05) is 92.9 Å². The summed E-state index contributed by atoms with van der Waals surface area (Å²) < 4.78 is 36.8. The third-order valence-corrected chi connectivity index (χ3v) is 11.7. The molecule has 0 aliphatic carbocycles. The zero-order valence-electron chi connectivity index (χ0n) is 51.1. The number of carbonyl (C=O) groups is 3. The highest BCUT2D eigenvalue weighted by molar-refractivity contribution is 6.39. The molecule has 8 N–H and O–H groups in total. The van der Waals surface area contributed by atoms with Crippen molar-refractivity contribution < 1.29 is 88.4 Å². The number of allylic oxidation sites excluding steroid dienone is 4. The smallest absolute Gasteiger partial charge is 0.293 e. The SMILES string of the molecule is C/C=C(/C=O)COC1OC(C)C(OC)C(O)C1OC.C/C=C\C(C)=C\CC(C)O.C=CCC(O)/C(C)=C/C(CC)C(C)OC.CC(C)C.CC(C)O.CC(O)COC(C)(C)C(CO)OC=O.Cc1c(Cl)c(O)c(Cl)c(O)c1C=O. The predicted octanol–water partition coefficient (Wildman–Crippen LogP) is 9.77. The lowest BCUT2D eigenvalue weighted by Crippen LogP contribution is -2.58. The van der Waals surface area contributed by atoms with Crippen LogP contribution in [0.3, 0.4) is 0 Å². The molecule has 11 unspecified atom stereocenters. The van der Waals surface area contributed by atoms with Gasteiger partial charge in [0.05, 0.1) is 60.9 Å². The Balaban J connectivity index is -0.000000282. The fraction of sp³-hybridized carbons (Fsp3) is 0.678. The lowest BCUT2D eigenvalue weighted by Gasteiger charge is -2.42. The van der Waals surface area contributed by atoms with Crippen LogP contribution in [0.5, 0.6) is 11.5 Å². The number of halogens is 2. The molecule has 20 heteroatoms. The van der Waals surface area contributed by atoms with Crippen molar-refractivity contribution in [2.45, 2.75) is 210 Å². The number of hydrogen-bond donors (Lipinski definition) is 8. The van der Waals surface area contributed by atoms with Crippen molar-refractivity contribution >= 4 is 42.2 Å². The highest BCUT2D eigenvalue weighted by Gasteiger charge is 2.44. The van der Waals surface area contributed by atoms with Gasteiger partial charge in [0, 0.05) is 38.9 Å². The molecule has 1 fully saturated rings. The number of hydrogen-bond acceptors (Lipinski definition) is 18. The molecule has 462 valence electrons. The lowest BCUT2D eigenvalue weighted by molar-refractivity contribution is -0.299. The van der Waals surface area contributed by atoms with Gasteiger partial charge in [-0.2, -0.15) is 0 Å². The average Bonchev–Trinajstić information content (AvgIpc) is 3.38. The van der Waals surface area contributed by atoms with Gasteiger partial charge in [-0.05, 0) is 126 Å². The van der Waals surface area contributed by atoms with E-state index in [1.54, 1.807) is 74.7 Å². The fourth-order valence-electron chi connectivity index (χ4n) is 6.18. The predicted molar refractivity (Wildman–Crippen MR) is 315 cm³/mol. The number of methoxy groups -OCH3 is 3. The molecule has 1 aromatic rings. The van der Waals surface area contributed by atoms with Crippen LogP contribution in [0.25, 0.3) is 0 Å². The summed E-state index contributed by atoms with van der Waals surface area (Å²) in [5.41, 5.74) is 2.21. The number of phenols is 2. The Morgan fingerprint density at radius 3 is 1.77 bits per heavy atom. The van der Waals surface area contributed by atoms with Gasteiger partial charge in [0.25, 0.3) is 6.47 Å². The Kier molecular flexibility index (Phi) is 52.3. The van der Waals surface area contributed by atoms with Crippen LogP contribution in [0, 0.1) is 18.8 Å².